The van der Waals surface area contributed by atoms with Crippen LogP contribution in [0.4, 0.5) is 11.4 Å². The van der Waals surface area contributed by atoms with Crippen LogP contribution in [0.2, 0.25) is 0 Å². The third kappa shape index (κ3) is 16.3. The summed E-state index contributed by atoms with van der Waals surface area (Å²) in [5.74, 6) is -1.00. The van der Waals surface area contributed by atoms with E-state index in [1.165, 1.54) is 22.3 Å². The summed E-state index contributed by atoms with van der Waals surface area (Å²) in [5.41, 5.74) is 18.5. The van der Waals surface area contributed by atoms with E-state index in [4.69, 9.17) is 9.47 Å². The SMILES string of the molecule is Cc1cc(C2=CC(C(C)(C)CC(C)(C)C)=CC(n3c4ccc(C(C)(C)C)cc4c4cc(C(C)(C)C)ccc43)C2(O)OCCCOc2c(C)cc(N(C)C)cc2-c2cc(C(C)(C)CC(C)(C)C)cc(-n3c4ccc(C(C)(C)C)cc4c4cc(C(C)(C)C)ccc43)c2O)cc(N(C)C)c1.[CH3-].[CH3-].[Hf]. The van der Waals surface area contributed by atoms with Gasteiger partial charge in [-0.1, -0.05) is 189 Å². The van der Waals surface area contributed by atoms with Crippen LogP contribution in [0.15, 0.2) is 133 Å². The number of hydrogen-bond acceptors (Lipinski definition) is 6. The summed E-state index contributed by atoms with van der Waals surface area (Å²) < 4.78 is 19.4. The van der Waals surface area contributed by atoms with Gasteiger partial charge >= 0.3 is 0 Å². The minimum Gasteiger partial charge on any atom is -0.505 e. The molecular formula is C91H124HfN4O4-2. The van der Waals surface area contributed by atoms with Crippen molar-refractivity contribution in [1.29, 1.82) is 0 Å². The number of ether oxygens (including phenoxy) is 2. The summed E-state index contributed by atoms with van der Waals surface area (Å²) in [6.45, 7) is 55.4. The molecule has 0 saturated heterocycles. The van der Waals surface area contributed by atoms with Crippen LogP contribution >= 0.6 is 0 Å². The summed E-state index contributed by atoms with van der Waals surface area (Å²) in [6.07, 6.45) is 6.85. The molecule has 0 fully saturated rings. The number of aromatic hydroxyl groups is 1. The van der Waals surface area contributed by atoms with Crippen LogP contribution in [0.25, 0.3) is 66.0 Å². The maximum atomic E-state index is 14.6. The molecule has 10 rings (SSSR count). The van der Waals surface area contributed by atoms with Crippen LogP contribution in [0, 0.1) is 44.9 Å². The first-order chi connectivity index (χ1) is 44.6. The van der Waals surface area contributed by atoms with E-state index in [0.717, 1.165) is 112 Å². The van der Waals surface area contributed by atoms with Gasteiger partial charge in [-0.15, -0.1) is 0 Å². The number of nitrogens with zero attached hydrogens (tertiary/aromatic N) is 4. The Hall–Kier alpha value is -6.39. The number of phenolic OH excluding ortho intramolecular Hbond substituents is 1. The number of hydrogen-bond donors (Lipinski definition) is 2. The summed E-state index contributed by atoms with van der Waals surface area (Å²) >= 11 is 0. The Morgan fingerprint density at radius 1 is 0.480 bits per heavy atom. The Bertz CT molecular complexity index is 4410. The van der Waals surface area contributed by atoms with Crippen molar-refractivity contribution in [2.24, 2.45) is 16.2 Å². The van der Waals surface area contributed by atoms with Crippen molar-refractivity contribution in [2.75, 3.05) is 51.2 Å². The molecule has 8 nitrogen and oxygen atoms in total. The quantitative estimate of drug-likeness (QED) is 0.0435. The zero-order valence-electron chi connectivity index (χ0n) is 67.2. The minimum absolute atomic E-state index is 0. The van der Waals surface area contributed by atoms with Gasteiger partial charge in [-0.2, -0.15) is 0 Å². The Morgan fingerprint density at radius 2 is 0.910 bits per heavy atom. The van der Waals surface area contributed by atoms with Crippen molar-refractivity contribution >= 4 is 60.6 Å². The van der Waals surface area contributed by atoms with Crippen LogP contribution < -0.4 is 14.5 Å². The predicted molar refractivity (Wildman–Crippen MR) is 431 cm³/mol. The van der Waals surface area contributed by atoms with E-state index in [0.29, 0.717) is 17.7 Å². The Kier molecular flexibility index (Phi) is 22.9. The minimum atomic E-state index is -1.88. The van der Waals surface area contributed by atoms with Gasteiger partial charge in [0.2, 0.25) is 5.79 Å². The van der Waals surface area contributed by atoms with Gasteiger partial charge in [-0.25, -0.2) is 0 Å². The van der Waals surface area contributed by atoms with Crippen molar-refractivity contribution < 1.29 is 45.5 Å². The summed E-state index contributed by atoms with van der Waals surface area (Å²) in [7, 11) is 8.29. The first-order valence-electron chi connectivity index (χ1n) is 35.7. The monoisotopic (exact) mass is 1520 g/mol. The van der Waals surface area contributed by atoms with Crippen molar-refractivity contribution in [3.8, 4) is 28.3 Å². The van der Waals surface area contributed by atoms with E-state index in [1.54, 1.807) is 0 Å². The van der Waals surface area contributed by atoms with Gasteiger partial charge in [-0.3, -0.25) is 0 Å². The van der Waals surface area contributed by atoms with Crippen LogP contribution in [0.1, 0.15) is 222 Å². The normalized spacial score (nSPS) is 15.9. The number of rotatable bonds is 16. The molecule has 2 N–H and O–H groups in total. The van der Waals surface area contributed by atoms with Crippen LogP contribution in [-0.4, -0.2) is 66.5 Å². The predicted octanol–water partition coefficient (Wildman–Crippen LogP) is 24.0. The molecular weight excluding hydrogens is 1390 g/mol. The van der Waals surface area contributed by atoms with Gasteiger partial charge in [0.15, 0.2) is 0 Å². The second-order valence-electron chi connectivity index (χ2n) is 37.1. The molecule has 2 heterocycles. The number of benzene rings is 7. The number of phenols is 1. The van der Waals surface area contributed by atoms with Gasteiger partial charge in [0.1, 0.15) is 17.5 Å². The average molecular weight is 1520 g/mol. The van der Waals surface area contributed by atoms with Gasteiger partial charge in [0, 0.05) is 121 Å². The molecule has 0 bridgehead atoms. The molecule has 0 spiro atoms. The first-order valence-corrected chi connectivity index (χ1v) is 35.7. The third-order valence-corrected chi connectivity index (χ3v) is 20.4. The molecule has 2 unspecified atom stereocenters. The van der Waals surface area contributed by atoms with Crippen LogP contribution in [0.5, 0.6) is 11.5 Å². The number of aromatic nitrogens is 2. The summed E-state index contributed by atoms with van der Waals surface area (Å²) in [6, 6.07) is 42.4. The Morgan fingerprint density at radius 3 is 1.35 bits per heavy atom. The fourth-order valence-corrected chi connectivity index (χ4v) is 15.7. The number of aryl methyl sites for hydroxylation is 2. The second kappa shape index (κ2) is 28.3. The smallest absolute Gasteiger partial charge is 0.218 e. The van der Waals surface area contributed by atoms with E-state index in [-0.39, 0.29) is 103 Å². The topological polar surface area (TPSA) is 75.3 Å². The fourth-order valence-electron chi connectivity index (χ4n) is 15.7. The summed E-state index contributed by atoms with van der Waals surface area (Å²) in [4.78, 5) is 4.27. The molecule has 538 valence electrons. The molecule has 9 heteroatoms. The van der Waals surface area contributed by atoms with Crippen molar-refractivity contribution in [3.05, 3.63) is 192 Å². The molecule has 100 heavy (non-hydrogen) atoms. The maximum absolute atomic E-state index is 14.6. The zero-order valence-corrected chi connectivity index (χ0v) is 70.8. The standard InChI is InChI=1S/C89H118N4O4.2CH3.Hf/c1-55-40-57(43-64(41-55)90(25)26)72-49-63(88(23,24)54-82(6,7)8)51-78(93-75-36-32-60(85(15,16)17)46-68(75)69-47-61(86(18,19)20)33-37-76(69)93)89(72,95)97-39-29-38-96-80-56(2)42-65(91(27)28)52-71(80)70-48-62(87(21,22)53-81(3,4)5)50-77(79(70)94)92-73-34-30-58(83(9,10)11)44-66(73)67-45-59(84(12,13)14)31-35-74(67)92;;;/h30-37,40-52,78,94-95H,29,38-39,53-54H2,1-28H3;2*1H3;/q;2*-1;. The fraction of sp³-hybridized carbons (Fsp3) is 0.473. The van der Waals surface area contributed by atoms with Gasteiger partial charge in [0.25, 0.3) is 0 Å². The van der Waals surface area contributed by atoms with Crippen LogP contribution in [-0.2, 0) is 57.7 Å². The van der Waals surface area contributed by atoms with Crippen molar-refractivity contribution in [2.45, 2.75) is 224 Å². The number of aliphatic hydroxyl groups is 1. The molecule has 9 aromatic rings. The first kappa shape index (κ1) is 80.9. The molecule has 0 aliphatic heterocycles. The number of allylic oxidation sites excluding steroid dienone is 2. The van der Waals surface area contributed by atoms with E-state index < -0.39 is 11.8 Å². The molecule has 7 aromatic carbocycles. The molecule has 0 radical (unpaired) electrons. The van der Waals surface area contributed by atoms with Gasteiger partial charge < -0.3 is 53.5 Å². The Balaban J connectivity index is 0.00000468. The Labute approximate surface area is 623 Å². The van der Waals surface area contributed by atoms with E-state index in [9.17, 15) is 10.2 Å². The van der Waals surface area contributed by atoms with Crippen molar-refractivity contribution in [1.82, 2.24) is 9.13 Å². The number of anilines is 2. The molecule has 0 saturated carbocycles. The van der Waals surface area contributed by atoms with E-state index >= 15 is 0 Å². The second-order valence-corrected chi connectivity index (χ2v) is 37.1. The third-order valence-electron chi connectivity index (χ3n) is 20.4. The molecule has 0 amide bonds. The average Bonchev–Trinajstić information content (AvgIpc) is 1.43. The molecule has 1 aliphatic rings. The van der Waals surface area contributed by atoms with Crippen LogP contribution in [0.3, 0.4) is 0 Å². The summed E-state index contributed by atoms with van der Waals surface area (Å²) in [5, 5.41) is 32.7. The largest absolute Gasteiger partial charge is 0.505 e. The molecule has 2 atom stereocenters. The van der Waals surface area contributed by atoms with Gasteiger partial charge in [0.05, 0.1) is 29.9 Å². The molecule has 2 aromatic heterocycles. The van der Waals surface area contributed by atoms with E-state index in [1.807, 2.05) is 0 Å². The van der Waals surface area contributed by atoms with Gasteiger partial charge in [-0.05, 0) is 211 Å². The molecule has 1 aliphatic carbocycles. The number of fused-ring (bicyclic) bond motifs is 6. The van der Waals surface area contributed by atoms with E-state index in [2.05, 4.69) is 341 Å². The maximum Gasteiger partial charge on any atom is 0.218 e. The van der Waals surface area contributed by atoms with Crippen molar-refractivity contribution in [3.63, 3.8) is 0 Å². The zero-order chi connectivity index (χ0) is 71.6.